The van der Waals surface area contributed by atoms with Gasteiger partial charge in [0, 0.05) is 29.0 Å². The topological polar surface area (TPSA) is 15.3 Å². The normalized spacial score (nSPS) is 37.6. The smallest absolute Gasteiger partial charge is 0.0359 e. The predicted molar refractivity (Wildman–Crippen MR) is 80.7 cm³/mol. The molecule has 0 saturated carbocycles. The number of rotatable bonds is 2. The molecule has 2 nitrogen and oxygen atoms in total. The van der Waals surface area contributed by atoms with Crippen molar-refractivity contribution >= 4 is 11.3 Å². The third-order valence-corrected chi connectivity index (χ3v) is 6.53. The Labute approximate surface area is 120 Å². The maximum Gasteiger partial charge on any atom is 0.0359 e. The number of hydrogen-bond acceptors (Lipinski definition) is 3. The Bertz CT molecular complexity index is 443. The highest BCUT2D eigenvalue weighted by molar-refractivity contribution is 7.10. The van der Waals surface area contributed by atoms with Crippen molar-refractivity contribution in [3.8, 4) is 0 Å². The van der Waals surface area contributed by atoms with Gasteiger partial charge in [0.15, 0.2) is 0 Å². The molecule has 1 aromatic heterocycles. The first-order chi connectivity index (χ1) is 9.31. The van der Waals surface area contributed by atoms with Gasteiger partial charge >= 0.3 is 0 Å². The summed E-state index contributed by atoms with van der Waals surface area (Å²) in [5.41, 5.74) is 1.64. The van der Waals surface area contributed by atoms with Gasteiger partial charge in [-0.05, 0) is 69.0 Å². The molecule has 2 fully saturated rings. The largest absolute Gasteiger partial charge is 0.311 e. The summed E-state index contributed by atoms with van der Waals surface area (Å²) in [7, 11) is 2.38. The van der Waals surface area contributed by atoms with Crippen LogP contribution in [0.4, 0.5) is 0 Å². The van der Waals surface area contributed by atoms with E-state index in [1.54, 1.807) is 10.4 Å². The van der Waals surface area contributed by atoms with Crippen LogP contribution in [0.3, 0.4) is 0 Å². The minimum atomic E-state index is 0.692. The molecule has 3 heteroatoms. The summed E-state index contributed by atoms with van der Waals surface area (Å²) < 4.78 is 0. The molecule has 1 aliphatic carbocycles. The van der Waals surface area contributed by atoms with E-state index >= 15 is 0 Å². The molecule has 1 N–H and O–H groups in total. The zero-order valence-corrected chi connectivity index (χ0v) is 12.6. The Morgan fingerprint density at radius 1 is 1.21 bits per heavy atom. The summed E-state index contributed by atoms with van der Waals surface area (Å²) in [6, 6.07) is 5.48. The van der Waals surface area contributed by atoms with Gasteiger partial charge < -0.3 is 5.32 Å². The summed E-state index contributed by atoms with van der Waals surface area (Å²) >= 11 is 1.97. The van der Waals surface area contributed by atoms with Crippen LogP contribution in [-0.4, -0.2) is 30.1 Å². The molecular formula is C16H24N2S. The second-order valence-electron chi connectivity index (χ2n) is 6.64. The molecule has 2 saturated heterocycles. The van der Waals surface area contributed by atoms with E-state index in [1.165, 1.54) is 44.9 Å². The quantitative estimate of drug-likeness (QED) is 0.891. The third kappa shape index (κ3) is 2.16. The molecular weight excluding hydrogens is 252 g/mol. The van der Waals surface area contributed by atoms with Crippen molar-refractivity contribution in [3.05, 3.63) is 21.9 Å². The monoisotopic (exact) mass is 276 g/mol. The molecule has 104 valence electrons. The van der Waals surface area contributed by atoms with E-state index in [9.17, 15) is 0 Å². The average molecular weight is 276 g/mol. The summed E-state index contributed by atoms with van der Waals surface area (Å²) in [4.78, 5) is 4.37. The molecule has 3 aliphatic rings. The van der Waals surface area contributed by atoms with Gasteiger partial charge in [-0.1, -0.05) is 0 Å². The minimum Gasteiger partial charge on any atom is -0.311 e. The summed E-state index contributed by atoms with van der Waals surface area (Å²) in [6.45, 7) is 0. The number of aryl methyl sites for hydroxylation is 1. The first-order valence-corrected chi connectivity index (χ1v) is 8.73. The molecule has 0 aromatic carbocycles. The van der Waals surface area contributed by atoms with Gasteiger partial charge in [-0.25, -0.2) is 0 Å². The maximum atomic E-state index is 3.77. The summed E-state index contributed by atoms with van der Waals surface area (Å²) in [6.07, 6.45) is 9.59. The van der Waals surface area contributed by atoms with E-state index in [-0.39, 0.29) is 0 Å². The molecule has 2 bridgehead atoms. The van der Waals surface area contributed by atoms with E-state index < -0.39 is 0 Å². The van der Waals surface area contributed by atoms with Gasteiger partial charge in [0.05, 0.1) is 0 Å². The minimum absolute atomic E-state index is 0.692. The lowest BCUT2D eigenvalue weighted by Crippen LogP contribution is -2.48. The van der Waals surface area contributed by atoms with Crippen LogP contribution in [-0.2, 0) is 6.42 Å². The molecule has 3 atom stereocenters. The van der Waals surface area contributed by atoms with Crippen molar-refractivity contribution in [1.29, 1.82) is 0 Å². The van der Waals surface area contributed by atoms with Gasteiger partial charge in [0.2, 0.25) is 0 Å². The van der Waals surface area contributed by atoms with Crippen LogP contribution < -0.4 is 5.32 Å². The average Bonchev–Trinajstić information content (AvgIpc) is 3.04. The second-order valence-corrected chi connectivity index (χ2v) is 7.64. The van der Waals surface area contributed by atoms with Crippen molar-refractivity contribution in [2.24, 2.45) is 0 Å². The summed E-state index contributed by atoms with van der Waals surface area (Å²) in [5, 5.41) is 6.06. The van der Waals surface area contributed by atoms with Crippen LogP contribution in [0.1, 0.15) is 55.0 Å². The van der Waals surface area contributed by atoms with Crippen LogP contribution >= 0.6 is 11.3 Å². The van der Waals surface area contributed by atoms with Crippen LogP contribution in [0.5, 0.6) is 0 Å². The first kappa shape index (κ1) is 12.4. The molecule has 0 spiro atoms. The molecule has 3 heterocycles. The molecule has 19 heavy (non-hydrogen) atoms. The Morgan fingerprint density at radius 2 is 2.00 bits per heavy atom. The second kappa shape index (κ2) is 4.87. The fourth-order valence-corrected chi connectivity index (χ4v) is 5.48. The van der Waals surface area contributed by atoms with E-state index in [4.69, 9.17) is 0 Å². The van der Waals surface area contributed by atoms with Gasteiger partial charge in [0.25, 0.3) is 0 Å². The van der Waals surface area contributed by atoms with E-state index in [2.05, 4.69) is 28.7 Å². The standard InChI is InChI=1S/C16H24N2S/c1-18(13-9-11-5-6-12(10-13)17-11)15-3-2-4-16-14(15)7-8-19-16/h7-8,11-13,15,17H,2-6,9-10H2,1H3. The van der Waals surface area contributed by atoms with Gasteiger partial charge in [-0.2, -0.15) is 0 Å². The van der Waals surface area contributed by atoms with Gasteiger partial charge in [-0.15, -0.1) is 11.3 Å². The molecule has 0 radical (unpaired) electrons. The number of nitrogens with zero attached hydrogens (tertiary/aromatic N) is 1. The number of nitrogens with one attached hydrogen (secondary N) is 1. The lowest BCUT2D eigenvalue weighted by atomic mass is 9.89. The summed E-state index contributed by atoms with van der Waals surface area (Å²) in [5.74, 6) is 0. The van der Waals surface area contributed by atoms with Gasteiger partial charge in [-0.3, -0.25) is 4.90 Å². The van der Waals surface area contributed by atoms with Crippen LogP contribution in [0.2, 0.25) is 0 Å². The van der Waals surface area contributed by atoms with E-state index in [0.717, 1.165) is 18.1 Å². The van der Waals surface area contributed by atoms with Crippen LogP contribution in [0.25, 0.3) is 0 Å². The number of fused-ring (bicyclic) bond motifs is 3. The SMILES string of the molecule is CN(C1CC2CCC(C1)N2)C1CCCc2sccc21. The lowest BCUT2D eigenvalue weighted by Gasteiger charge is -2.41. The predicted octanol–water partition coefficient (Wildman–Crippen LogP) is 3.34. The zero-order chi connectivity index (χ0) is 12.8. The molecule has 3 unspecified atom stereocenters. The molecule has 2 aliphatic heterocycles. The van der Waals surface area contributed by atoms with Crippen LogP contribution in [0.15, 0.2) is 11.4 Å². The fourth-order valence-electron chi connectivity index (χ4n) is 4.50. The van der Waals surface area contributed by atoms with Crippen molar-refractivity contribution in [3.63, 3.8) is 0 Å². The van der Waals surface area contributed by atoms with Crippen molar-refractivity contribution in [2.75, 3.05) is 7.05 Å². The Morgan fingerprint density at radius 3 is 2.79 bits per heavy atom. The Balaban J connectivity index is 1.54. The van der Waals surface area contributed by atoms with E-state index in [1.807, 2.05) is 11.3 Å². The highest BCUT2D eigenvalue weighted by Gasteiger charge is 2.37. The number of hydrogen-bond donors (Lipinski definition) is 1. The van der Waals surface area contributed by atoms with Crippen LogP contribution in [0, 0.1) is 0 Å². The molecule has 0 amide bonds. The number of piperidine rings is 1. The Hall–Kier alpha value is -0.380. The Kier molecular flexibility index (Phi) is 3.17. The third-order valence-electron chi connectivity index (χ3n) is 5.54. The highest BCUT2D eigenvalue weighted by atomic mass is 32.1. The number of thiophene rings is 1. The zero-order valence-electron chi connectivity index (χ0n) is 11.8. The van der Waals surface area contributed by atoms with Crippen molar-refractivity contribution < 1.29 is 0 Å². The van der Waals surface area contributed by atoms with Crippen molar-refractivity contribution in [1.82, 2.24) is 10.2 Å². The first-order valence-electron chi connectivity index (χ1n) is 7.85. The lowest BCUT2D eigenvalue weighted by molar-refractivity contribution is 0.114. The fraction of sp³-hybridized carbons (Fsp3) is 0.750. The highest BCUT2D eigenvalue weighted by Crippen LogP contribution is 2.40. The van der Waals surface area contributed by atoms with E-state index in [0.29, 0.717) is 6.04 Å². The molecule has 4 rings (SSSR count). The van der Waals surface area contributed by atoms with Crippen molar-refractivity contribution in [2.45, 2.75) is 69.1 Å². The van der Waals surface area contributed by atoms with Gasteiger partial charge in [0.1, 0.15) is 0 Å². The maximum absolute atomic E-state index is 3.77. The molecule has 1 aromatic rings.